The maximum atomic E-state index is 12.5. The van der Waals surface area contributed by atoms with Crippen molar-refractivity contribution in [2.45, 2.75) is 0 Å². The van der Waals surface area contributed by atoms with Crippen LogP contribution in [0.15, 0.2) is 73.1 Å². The number of benzene rings is 2. The van der Waals surface area contributed by atoms with Crippen LogP contribution in [-0.4, -0.2) is 55.0 Å². The molecule has 2 aromatic carbocycles. The zero-order chi connectivity index (χ0) is 23.6. The third-order valence-electron chi connectivity index (χ3n) is 4.46. The summed E-state index contributed by atoms with van der Waals surface area (Å²) in [4.78, 5) is 42.2. The zero-order valence-electron chi connectivity index (χ0n) is 18.2. The van der Waals surface area contributed by atoms with Crippen LogP contribution in [0.3, 0.4) is 0 Å². The number of anilines is 1. The minimum atomic E-state index is -0.725. The second-order valence-electron chi connectivity index (χ2n) is 6.89. The van der Waals surface area contributed by atoms with E-state index in [1.54, 1.807) is 60.8 Å². The number of para-hydroxylation sites is 1. The van der Waals surface area contributed by atoms with Gasteiger partial charge in [0, 0.05) is 25.0 Å². The normalized spacial score (nSPS) is 10.1. The Kier molecular flexibility index (Phi) is 7.96. The maximum absolute atomic E-state index is 12.5. The van der Waals surface area contributed by atoms with Crippen LogP contribution in [0.25, 0.3) is 0 Å². The number of esters is 1. The first-order valence-corrected chi connectivity index (χ1v) is 9.98. The van der Waals surface area contributed by atoms with E-state index >= 15 is 0 Å². The molecule has 0 aliphatic heterocycles. The molecule has 0 aliphatic rings. The van der Waals surface area contributed by atoms with Gasteiger partial charge in [-0.25, -0.2) is 4.79 Å². The van der Waals surface area contributed by atoms with Crippen molar-refractivity contribution in [1.29, 1.82) is 0 Å². The van der Waals surface area contributed by atoms with Crippen molar-refractivity contribution in [2.24, 2.45) is 0 Å². The van der Waals surface area contributed by atoms with Gasteiger partial charge in [-0.2, -0.15) is 0 Å². The predicted molar refractivity (Wildman–Crippen MR) is 120 cm³/mol. The van der Waals surface area contributed by atoms with Gasteiger partial charge in [-0.1, -0.05) is 18.2 Å². The average molecular weight is 449 g/mol. The standard InChI is InChI=1S/C24H23N3O6/c1-27(15-22(28)26-17-7-5-8-18(13-17)31-2)23(29)16-32-24(30)20-10-3-4-11-21(20)33-19-9-6-12-25-14-19/h3-14H,15-16H2,1-2H3,(H,26,28). The third kappa shape index (κ3) is 6.79. The van der Waals surface area contributed by atoms with E-state index in [9.17, 15) is 14.4 Å². The van der Waals surface area contributed by atoms with Crippen molar-refractivity contribution in [2.75, 3.05) is 32.6 Å². The molecule has 33 heavy (non-hydrogen) atoms. The van der Waals surface area contributed by atoms with Crippen LogP contribution < -0.4 is 14.8 Å². The molecule has 0 aliphatic carbocycles. The van der Waals surface area contributed by atoms with Gasteiger partial charge >= 0.3 is 5.97 Å². The summed E-state index contributed by atoms with van der Waals surface area (Å²) < 4.78 is 15.9. The molecule has 9 heteroatoms. The first kappa shape index (κ1) is 23.3. The van der Waals surface area contributed by atoms with Crippen LogP contribution >= 0.6 is 0 Å². The lowest BCUT2D eigenvalue weighted by molar-refractivity contribution is -0.136. The van der Waals surface area contributed by atoms with Crippen molar-refractivity contribution in [1.82, 2.24) is 9.88 Å². The van der Waals surface area contributed by atoms with Gasteiger partial charge in [0.05, 0.1) is 19.9 Å². The lowest BCUT2D eigenvalue weighted by Crippen LogP contribution is -2.37. The molecule has 9 nitrogen and oxygen atoms in total. The lowest BCUT2D eigenvalue weighted by atomic mass is 10.2. The Bertz CT molecular complexity index is 1120. The Morgan fingerprint density at radius 3 is 2.55 bits per heavy atom. The number of likely N-dealkylation sites (N-methyl/N-ethyl adjacent to an activating group) is 1. The van der Waals surface area contributed by atoms with E-state index in [1.165, 1.54) is 31.3 Å². The van der Waals surface area contributed by atoms with Crippen LogP contribution in [0.2, 0.25) is 0 Å². The first-order chi connectivity index (χ1) is 16.0. The second-order valence-corrected chi connectivity index (χ2v) is 6.89. The molecule has 0 spiro atoms. The number of aromatic nitrogens is 1. The summed E-state index contributed by atoms with van der Waals surface area (Å²) >= 11 is 0. The molecule has 0 unspecified atom stereocenters. The first-order valence-electron chi connectivity index (χ1n) is 9.98. The highest BCUT2D eigenvalue weighted by atomic mass is 16.5. The summed E-state index contributed by atoms with van der Waals surface area (Å²) in [5.41, 5.74) is 0.699. The van der Waals surface area contributed by atoms with Crippen molar-refractivity contribution >= 4 is 23.5 Å². The minimum Gasteiger partial charge on any atom is -0.497 e. The van der Waals surface area contributed by atoms with Crippen LogP contribution in [-0.2, 0) is 14.3 Å². The fraction of sp³-hybridized carbons (Fsp3) is 0.167. The van der Waals surface area contributed by atoms with Gasteiger partial charge in [-0.3, -0.25) is 14.6 Å². The van der Waals surface area contributed by atoms with Gasteiger partial charge in [-0.15, -0.1) is 0 Å². The Morgan fingerprint density at radius 2 is 1.79 bits per heavy atom. The highest BCUT2D eigenvalue weighted by Crippen LogP contribution is 2.25. The highest BCUT2D eigenvalue weighted by Gasteiger charge is 2.19. The zero-order valence-corrected chi connectivity index (χ0v) is 18.2. The van der Waals surface area contributed by atoms with Crippen molar-refractivity contribution in [3.05, 3.63) is 78.6 Å². The quantitative estimate of drug-likeness (QED) is 0.500. The van der Waals surface area contributed by atoms with E-state index in [2.05, 4.69) is 10.3 Å². The molecule has 3 rings (SSSR count). The SMILES string of the molecule is COc1cccc(NC(=O)CN(C)C(=O)COC(=O)c2ccccc2Oc2cccnc2)c1. The van der Waals surface area contributed by atoms with Crippen LogP contribution in [0.5, 0.6) is 17.2 Å². The number of hydrogen-bond acceptors (Lipinski definition) is 7. The number of rotatable bonds is 9. The lowest BCUT2D eigenvalue weighted by Gasteiger charge is -2.17. The van der Waals surface area contributed by atoms with Crippen LogP contribution in [0, 0.1) is 0 Å². The number of nitrogens with zero attached hydrogens (tertiary/aromatic N) is 2. The maximum Gasteiger partial charge on any atom is 0.342 e. The smallest absolute Gasteiger partial charge is 0.342 e. The number of methoxy groups -OCH3 is 1. The number of carbonyl (C=O) groups excluding carboxylic acids is 3. The van der Waals surface area contributed by atoms with Gasteiger partial charge in [-0.05, 0) is 36.4 Å². The molecule has 0 bridgehead atoms. The fourth-order valence-corrected chi connectivity index (χ4v) is 2.78. The molecule has 1 aromatic heterocycles. The molecule has 2 amide bonds. The monoisotopic (exact) mass is 449 g/mol. The molecule has 170 valence electrons. The summed E-state index contributed by atoms with van der Waals surface area (Å²) in [6.45, 7) is -0.739. The summed E-state index contributed by atoms with van der Waals surface area (Å²) in [5, 5.41) is 2.68. The van der Waals surface area contributed by atoms with Gasteiger partial charge in [0.2, 0.25) is 5.91 Å². The van der Waals surface area contributed by atoms with Crippen molar-refractivity contribution in [3.8, 4) is 17.2 Å². The van der Waals surface area contributed by atoms with E-state index in [-0.39, 0.29) is 17.9 Å². The molecular weight excluding hydrogens is 426 g/mol. The number of hydrogen-bond donors (Lipinski definition) is 1. The van der Waals surface area contributed by atoms with Crippen molar-refractivity contribution < 1.29 is 28.6 Å². The summed E-state index contributed by atoms with van der Waals surface area (Å²) in [6, 6.07) is 16.8. The largest absolute Gasteiger partial charge is 0.497 e. The summed E-state index contributed by atoms with van der Waals surface area (Å²) in [7, 11) is 2.97. The molecule has 1 heterocycles. The molecule has 3 aromatic rings. The number of carbonyl (C=O) groups is 3. The summed E-state index contributed by atoms with van der Waals surface area (Å²) in [5.74, 6) is -0.339. The van der Waals surface area contributed by atoms with E-state index in [0.29, 0.717) is 17.2 Å². The van der Waals surface area contributed by atoms with Gasteiger partial charge in [0.25, 0.3) is 5.91 Å². The van der Waals surface area contributed by atoms with Crippen molar-refractivity contribution in [3.63, 3.8) is 0 Å². The number of pyridine rings is 1. The topological polar surface area (TPSA) is 107 Å². The Morgan fingerprint density at radius 1 is 1.00 bits per heavy atom. The van der Waals surface area contributed by atoms with Gasteiger partial charge in [0.15, 0.2) is 6.61 Å². The van der Waals surface area contributed by atoms with E-state index < -0.39 is 24.4 Å². The molecule has 1 N–H and O–H groups in total. The molecule has 0 atom stereocenters. The number of ether oxygens (including phenoxy) is 3. The van der Waals surface area contributed by atoms with Gasteiger partial charge < -0.3 is 24.4 Å². The average Bonchev–Trinajstić information content (AvgIpc) is 2.83. The van der Waals surface area contributed by atoms with E-state index in [1.807, 2.05) is 0 Å². The highest BCUT2D eigenvalue weighted by molar-refractivity contribution is 5.96. The molecule has 0 saturated carbocycles. The third-order valence-corrected chi connectivity index (χ3v) is 4.46. The molecular formula is C24H23N3O6. The second kappa shape index (κ2) is 11.3. The van der Waals surface area contributed by atoms with Gasteiger partial charge in [0.1, 0.15) is 22.8 Å². The Labute approximate surface area is 190 Å². The Hall–Kier alpha value is -4.40. The minimum absolute atomic E-state index is 0.160. The Balaban J connectivity index is 1.52. The van der Waals surface area contributed by atoms with E-state index in [0.717, 1.165) is 0 Å². The molecule has 0 radical (unpaired) electrons. The molecule has 0 fully saturated rings. The summed E-state index contributed by atoms with van der Waals surface area (Å²) in [6.07, 6.45) is 3.11. The van der Waals surface area contributed by atoms with E-state index in [4.69, 9.17) is 14.2 Å². The fourth-order valence-electron chi connectivity index (χ4n) is 2.78. The van der Waals surface area contributed by atoms with Crippen LogP contribution in [0.4, 0.5) is 5.69 Å². The van der Waals surface area contributed by atoms with Crippen LogP contribution in [0.1, 0.15) is 10.4 Å². The predicted octanol–water partition coefficient (Wildman–Crippen LogP) is 3.14. The molecule has 0 saturated heterocycles. The number of amides is 2. The number of nitrogens with one attached hydrogen (secondary N) is 1.